The normalized spacial score (nSPS) is 14.1. The smallest absolute Gasteiger partial charge is 0.335 e. The van der Waals surface area contributed by atoms with Gasteiger partial charge in [0.1, 0.15) is 30.4 Å². The third-order valence-electron chi connectivity index (χ3n) is 6.40. The van der Waals surface area contributed by atoms with Crippen molar-refractivity contribution in [2.75, 3.05) is 11.5 Å². The average Bonchev–Trinajstić information content (AvgIpc) is 3.00. The highest BCUT2D eigenvalue weighted by Crippen LogP contribution is 2.32. The van der Waals surface area contributed by atoms with E-state index >= 15 is 0 Å². The van der Waals surface area contributed by atoms with Crippen molar-refractivity contribution in [3.63, 3.8) is 0 Å². The largest absolute Gasteiger partial charge is 0.490 e. The highest BCUT2D eigenvalue weighted by atomic mass is 35.5. The number of hydrogen-bond acceptors (Lipinski definition) is 6. The third-order valence-corrected chi connectivity index (χ3v) is 6.63. The molecular weight excluding hydrogens is 575 g/mol. The predicted octanol–water partition coefficient (Wildman–Crippen LogP) is 6.70. The summed E-state index contributed by atoms with van der Waals surface area (Å²) in [7, 11) is 0. The van der Waals surface area contributed by atoms with E-state index in [9.17, 15) is 18.8 Å². The van der Waals surface area contributed by atoms with Crippen molar-refractivity contribution in [1.29, 1.82) is 0 Å². The van der Waals surface area contributed by atoms with E-state index in [0.717, 1.165) is 28.2 Å². The van der Waals surface area contributed by atoms with Crippen molar-refractivity contribution in [3.8, 4) is 17.2 Å². The van der Waals surface area contributed by atoms with Gasteiger partial charge < -0.3 is 14.2 Å². The summed E-state index contributed by atoms with van der Waals surface area (Å²) in [5.74, 6) is -0.805. The van der Waals surface area contributed by atoms with Gasteiger partial charge in [-0.3, -0.25) is 14.9 Å². The fourth-order valence-corrected chi connectivity index (χ4v) is 4.51. The Labute approximate surface area is 252 Å². The minimum atomic E-state index is -0.942. The zero-order chi connectivity index (χ0) is 30.3. The van der Waals surface area contributed by atoms with E-state index < -0.39 is 23.7 Å². The van der Waals surface area contributed by atoms with Gasteiger partial charge in [-0.15, -0.1) is 0 Å². The molecule has 0 bridgehead atoms. The first-order valence-electron chi connectivity index (χ1n) is 13.3. The maximum absolute atomic E-state index is 13.4. The summed E-state index contributed by atoms with van der Waals surface area (Å²) in [6.45, 7) is 2.83. The highest BCUT2D eigenvalue weighted by Gasteiger charge is 2.37. The molecule has 8 nitrogen and oxygen atoms in total. The maximum Gasteiger partial charge on any atom is 0.335 e. The molecule has 4 amide bonds. The molecule has 0 aromatic heterocycles. The quantitative estimate of drug-likeness (QED) is 0.161. The van der Waals surface area contributed by atoms with Gasteiger partial charge in [-0.1, -0.05) is 48.0 Å². The lowest BCUT2D eigenvalue weighted by atomic mass is 10.1. The summed E-state index contributed by atoms with van der Waals surface area (Å²) in [6.07, 6.45) is 1.30. The zero-order valence-corrected chi connectivity index (χ0v) is 23.8. The van der Waals surface area contributed by atoms with Crippen LogP contribution in [0.3, 0.4) is 0 Å². The lowest BCUT2D eigenvalue weighted by Gasteiger charge is -2.26. The minimum Gasteiger partial charge on any atom is -0.490 e. The molecule has 1 heterocycles. The Balaban J connectivity index is 1.36. The molecule has 0 atom stereocenters. The van der Waals surface area contributed by atoms with Gasteiger partial charge in [0.05, 0.1) is 12.3 Å². The van der Waals surface area contributed by atoms with E-state index in [-0.39, 0.29) is 17.9 Å². The number of hydrogen-bond donors (Lipinski definition) is 1. The van der Waals surface area contributed by atoms with Crippen LogP contribution in [0.15, 0.2) is 96.6 Å². The van der Waals surface area contributed by atoms with Crippen molar-refractivity contribution in [2.45, 2.75) is 20.1 Å². The SMILES string of the molecule is CCOc1cc(COc2ccc(Cl)cc2/C=C2\C(=O)NC(=O)N(c3ccc(F)cc3)C2=O)ccc1OCc1ccccc1. The van der Waals surface area contributed by atoms with Crippen LogP contribution in [-0.4, -0.2) is 24.5 Å². The Kier molecular flexibility index (Phi) is 9.02. The molecule has 0 saturated carbocycles. The molecule has 0 unspecified atom stereocenters. The lowest BCUT2D eigenvalue weighted by molar-refractivity contribution is -0.122. The number of carbonyl (C=O) groups excluding carboxylic acids is 3. The number of anilines is 1. The topological polar surface area (TPSA) is 94.2 Å². The van der Waals surface area contributed by atoms with E-state index in [2.05, 4.69) is 5.32 Å². The molecular formula is C33H26ClFN2O6. The number of carbonyl (C=O) groups is 3. The number of halogens is 2. The van der Waals surface area contributed by atoms with Crippen molar-refractivity contribution in [1.82, 2.24) is 5.32 Å². The molecule has 0 aliphatic carbocycles. The number of benzene rings is 4. The van der Waals surface area contributed by atoms with Gasteiger partial charge in [-0.25, -0.2) is 14.1 Å². The van der Waals surface area contributed by atoms with Gasteiger partial charge in [-0.05, 0) is 78.7 Å². The molecule has 0 spiro atoms. The van der Waals surface area contributed by atoms with E-state index in [1.165, 1.54) is 24.3 Å². The summed E-state index contributed by atoms with van der Waals surface area (Å²) >= 11 is 6.23. The molecule has 4 aromatic rings. The summed E-state index contributed by atoms with van der Waals surface area (Å²) in [5.41, 5.74) is 1.92. The first kappa shape index (κ1) is 29.3. The van der Waals surface area contributed by atoms with Crippen molar-refractivity contribution < 1.29 is 33.0 Å². The van der Waals surface area contributed by atoms with Crippen LogP contribution >= 0.6 is 11.6 Å². The second-order valence-corrected chi connectivity index (χ2v) is 9.83. The van der Waals surface area contributed by atoms with Crippen LogP contribution < -0.4 is 24.4 Å². The molecule has 10 heteroatoms. The zero-order valence-electron chi connectivity index (χ0n) is 23.0. The average molecular weight is 601 g/mol. The number of nitrogens with one attached hydrogen (secondary N) is 1. The van der Waals surface area contributed by atoms with Gasteiger partial charge in [0.25, 0.3) is 11.8 Å². The Bertz CT molecular complexity index is 1690. The summed E-state index contributed by atoms with van der Waals surface area (Å²) in [4.78, 5) is 39.2. The van der Waals surface area contributed by atoms with Gasteiger partial charge in [0.2, 0.25) is 0 Å². The second kappa shape index (κ2) is 13.2. The summed E-state index contributed by atoms with van der Waals surface area (Å²) < 4.78 is 31.3. The predicted molar refractivity (Wildman–Crippen MR) is 160 cm³/mol. The molecule has 4 aromatic carbocycles. The van der Waals surface area contributed by atoms with Gasteiger partial charge >= 0.3 is 6.03 Å². The van der Waals surface area contributed by atoms with Crippen LogP contribution in [0.4, 0.5) is 14.9 Å². The van der Waals surface area contributed by atoms with Crippen LogP contribution in [0.25, 0.3) is 6.08 Å². The van der Waals surface area contributed by atoms with E-state index in [1.807, 2.05) is 55.5 Å². The van der Waals surface area contributed by atoms with Crippen molar-refractivity contribution in [3.05, 3.63) is 124 Å². The van der Waals surface area contributed by atoms with E-state index in [4.69, 9.17) is 25.8 Å². The van der Waals surface area contributed by atoms with Crippen LogP contribution in [0.5, 0.6) is 17.2 Å². The molecule has 1 N–H and O–H groups in total. The fraction of sp³-hybridized carbons (Fsp3) is 0.121. The van der Waals surface area contributed by atoms with Crippen molar-refractivity contribution in [2.24, 2.45) is 0 Å². The number of urea groups is 1. The Morgan fingerprint density at radius 2 is 1.49 bits per heavy atom. The van der Waals surface area contributed by atoms with Gasteiger partial charge in [-0.2, -0.15) is 0 Å². The van der Waals surface area contributed by atoms with Gasteiger partial charge in [0, 0.05) is 10.6 Å². The minimum absolute atomic E-state index is 0.103. The second-order valence-electron chi connectivity index (χ2n) is 9.39. The molecule has 1 aliphatic rings. The monoisotopic (exact) mass is 600 g/mol. The number of ether oxygens (including phenoxy) is 3. The Morgan fingerprint density at radius 1 is 0.791 bits per heavy atom. The van der Waals surface area contributed by atoms with E-state index in [1.54, 1.807) is 12.1 Å². The number of nitrogens with zero attached hydrogens (tertiary/aromatic N) is 1. The number of imide groups is 2. The van der Waals surface area contributed by atoms with Gasteiger partial charge in [0.15, 0.2) is 11.5 Å². The third kappa shape index (κ3) is 7.02. The molecule has 43 heavy (non-hydrogen) atoms. The molecule has 218 valence electrons. The molecule has 0 radical (unpaired) electrons. The lowest BCUT2D eigenvalue weighted by Crippen LogP contribution is -2.54. The highest BCUT2D eigenvalue weighted by molar-refractivity contribution is 6.39. The molecule has 1 aliphatic heterocycles. The van der Waals surface area contributed by atoms with E-state index in [0.29, 0.717) is 41.0 Å². The number of rotatable bonds is 10. The van der Waals surface area contributed by atoms with Crippen LogP contribution in [0.1, 0.15) is 23.6 Å². The Morgan fingerprint density at radius 3 is 2.23 bits per heavy atom. The first-order valence-corrected chi connectivity index (χ1v) is 13.7. The maximum atomic E-state index is 13.4. The van der Waals surface area contributed by atoms with Crippen molar-refractivity contribution >= 4 is 41.2 Å². The standard InChI is InChI=1S/C33H26ClFN2O6/c1-2-41-30-16-22(8-14-29(30)43-19-21-6-4-3-5-7-21)20-42-28-15-9-24(34)17-23(28)18-27-31(38)36-33(40)37(32(27)39)26-12-10-25(35)11-13-26/h3-18H,2,19-20H2,1H3,(H,36,38,40)/b27-18+. The molecule has 1 fully saturated rings. The molecule has 5 rings (SSSR count). The summed E-state index contributed by atoms with van der Waals surface area (Å²) in [6, 6.07) is 23.8. The van der Waals surface area contributed by atoms with Crippen LogP contribution in [-0.2, 0) is 22.8 Å². The first-order chi connectivity index (χ1) is 20.8. The summed E-state index contributed by atoms with van der Waals surface area (Å²) in [5, 5.41) is 2.49. The van der Waals surface area contributed by atoms with Crippen LogP contribution in [0, 0.1) is 5.82 Å². The number of amides is 4. The fourth-order valence-electron chi connectivity index (χ4n) is 4.33. The Hall–Kier alpha value is -5.15. The number of barbiturate groups is 1. The van der Waals surface area contributed by atoms with Crippen LogP contribution in [0.2, 0.25) is 5.02 Å². The molecule has 1 saturated heterocycles.